The van der Waals surface area contributed by atoms with Crippen LogP contribution in [0.3, 0.4) is 0 Å². The molecule has 0 aliphatic carbocycles. The maximum Gasteiger partial charge on any atom is 0.416 e. The molecule has 0 bridgehead atoms. The zero-order chi connectivity index (χ0) is 20.1. The number of hydrogen-bond acceptors (Lipinski definition) is 4. The maximum absolute atomic E-state index is 12.7. The molecule has 0 aliphatic heterocycles. The Balaban J connectivity index is 2.03. The van der Waals surface area contributed by atoms with Gasteiger partial charge in [-0.3, -0.25) is 4.79 Å². The smallest absolute Gasteiger partial charge is 0.380 e. The van der Waals surface area contributed by atoms with E-state index in [0.717, 1.165) is 23.8 Å². The predicted molar refractivity (Wildman–Crippen MR) is 92.4 cm³/mol. The van der Waals surface area contributed by atoms with Gasteiger partial charge in [-0.15, -0.1) is 0 Å². The third kappa shape index (κ3) is 6.05. The van der Waals surface area contributed by atoms with Crippen molar-refractivity contribution in [3.63, 3.8) is 0 Å². The molecular weight excluding hydrogens is 385 g/mol. The van der Waals surface area contributed by atoms with Gasteiger partial charge in [-0.05, 0) is 35.9 Å². The van der Waals surface area contributed by atoms with Gasteiger partial charge in [0.2, 0.25) is 15.9 Å². The van der Waals surface area contributed by atoms with Crippen molar-refractivity contribution < 1.29 is 31.1 Å². The van der Waals surface area contributed by atoms with E-state index in [1.165, 1.54) is 7.11 Å². The highest BCUT2D eigenvalue weighted by molar-refractivity contribution is 7.89. The molecule has 0 unspecified atom stereocenters. The second-order valence-electron chi connectivity index (χ2n) is 5.53. The molecule has 0 saturated carbocycles. The number of methoxy groups -OCH3 is 1. The molecule has 146 valence electrons. The van der Waals surface area contributed by atoms with Gasteiger partial charge in [0, 0.05) is 12.8 Å². The first-order chi connectivity index (χ1) is 12.6. The highest BCUT2D eigenvalue weighted by Gasteiger charge is 2.31. The number of anilines is 1. The molecule has 2 rings (SSSR count). The summed E-state index contributed by atoms with van der Waals surface area (Å²) in [6.45, 7) is -0.293. The number of hydrogen-bond donors (Lipinski definition) is 2. The van der Waals surface area contributed by atoms with E-state index in [4.69, 9.17) is 4.74 Å². The number of sulfonamides is 1. The molecule has 0 heterocycles. The SMILES string of the molecule is COCc1cccc(NC(=O)CNS(=O)(=O)c2cccc(C(F)(F)F)c2)c1. The van der Waals surface area contributed by atoms with Crippen LogP contribution in [0, 0.1) is 0 Å². The van der Waals surface area contributed by atoms with Crippen molar-refractivity contribution in [3.8, 4) is 0 Å². The summed E-state index contributed by atoms with van der Waals surface area (Å²) >= 11 is 0. The molecule has 2 aromatic carbocycles. The van der Waals surface area contributed by atoms with E-state index in [-0.39, 0.29) is 0 Å². The van der Waals surface area contributed by atoms with Crippen LogP contribution in [0.2, 0.25) is 0 Å². The number of nitrogens with one attached hydrogen (secondary N) is 2. The lowest BCUT2D eigenvalue weighted by Crippen LogP contribution is -2.33. The van der Waals surface area contributed by atoms with Gasteiger partial charge in [0.15, 0.2) is 0 Å². The third-order valence-corrected chi connectivity index (χ3v) is 4.82. The Morgan fingerprint density at radius 1 is 1.11 bits per heavy atom. The monoisotopic (exact) mass is 402 g/mol. The minimum absolute atomic E-state index is 0.339. The van der Waals surface area contributed by atoms with Crippen LogP contribution in [-0.2, 0) is 32.3 Å². The predicted octanol–water partition coefficient (Wildman–Crippen LogP) is 2.77. The number of halogens is 3. The van der Waals surface area contributed by atoms with E-state index in [2.05, 4.69) is 5.32 Å². The summed E-state index contributed by atoms with van der Waals surface area (Å²) in [5, 5.41) is 2.50. The van der Waals surface area contributed by atoms with E-state index >= 15 is 0 Å². The van der Waals surface area contributed by atoms with Crippen molar-refractivity contribution >= 4 is 21.6 Å². The fourth-order valence-electron chi connectivity index (χ4n) is 2.19. The van der Waals surface area contributed by atoms with E-state index < -0.39 is 39.1 Å². The first-order valence-electron chi connectivity index (χ1n) is 7.66. The lowest BCUT2D eigenvalue weighted by atomic mass is 10.2. The average molecular weight is 402 g/mol. The standard InChI is InChI=1S/C17H17F3N2O4S/c1-26-11-12-4-2-6-14(8-12)22-16(23)10-21-27(24,25)15-7-3-5-13(9-15)17(18,19)20/h2-9,21H,10-11H2,1H3,(H,22,23). The molecule has 2 aromatic rings. The quantitative estimate of drug-likeness (QED) is 0.746. The molecule has 0 saturated heterocycles. The molecule has 6 nitrogen and oxygen atoms in total. The Kier molecular flexibility index (Phi) is 6.58. The maximum atomic E-state index is 12.7. The second kappa shape index (κ2) is 8.51. The number of benzene rings is 2. The normalized spacial score (nSPS) is 12.0. The molecule has 0 aliphatic rings. The number of carbonyl (C=O) groups is 1. The first-order valence-corrected chi connectivity index (χ1v) is 9.15. The highest BCUT2D eigenvalue weighted by Crippen LogP contribution is 2.30. The zero-order valence-electron chi connectivity index (χ0n) is 14.2. The largest absolute Gasteiger partial charge is 0.416 e. The zero-order valence-corrected chi connectivity index (χ0v) is 15.0. The minimum Gasteiger partial charge on any atom is -0.380 e. The summed E-state index contributed by atoms with van der Waals surface area (Å²) < 4.78 is 69.4. The number of ether oxygens (including phenoxy) is 1. The fraction of sp³-hybridized carbons (Fsp3) is 0.235. The lowest BCUT2D eigenvalue weighted by Gasteiger charge is -2.11. The highest BCUT2D eigenvalue weighted by atomic mass is 32.2. The molecule has 0 radical (unpaired) electrons. The van der Waals surface area contributed by atoms with Crippen molar-refractivity contribution in [2.75, 3.05) is 19.0 Å². The van der Waals surface area contributed by atoms with Crippen molar-refractivity contribution in [1.29, 1.82) is 0 Å². The van der Waals surface area contributed by atoms with Gasteiger partial charge in [-0.1, -0.05) is 18.2 Å². The topological polar surface area (TPSA) is 84.5 Å². The lowest BCUT2D eigenvalue weighted by molar-refractivity contribution is -0.137. The summed E-state index contributed by atoms with van der Waals surface area (Å²) in [6.07, 6.45) is -4.67. The number of rotatable bonds is 7. The summed E-state index contributed by atoms with van der Waals surface area (Å²) in [5.74, 6) is -0.667. The number of alkyl halides is 3. The van der Waals surface area contributed by atoms with Crippen LogP contribution in [0.1, 0.15) is 11.1 Å². The van der Waals surface area contributed by atoms with Gasteiger partial charge in [-0.2, -0.15) is 13.2 Å². The summed E-state index contributed by atoms with van der Waals surface area (Å²) in [4.78, 5) is 11.4. The molecule has 1 amide bonds. The van der Waals surface area contributed by atoms with E-state index in [0.29, 0.717) is 18.4 Å². The van der Waals surface area contributed by atoms with Crippen LogP contribution in [0.15, 0.2) is 53.4 Å². The van der Waals surface area contributed by atoms with Crippen LogP contribution in [0.5, 0.6) is 0 Å². The van der Waals surface area contributed by atoms with Crippen molar-refractivity contribution in [1.82, 2.24) is 4.72 Å². The molecule has 0 aromatic heterocycles. The Bertz CT molecular complexity index is 914. The van der Waals surface area contributed by atoms with Gasteiger partial charge < -0.3 is 10.1 Å². The van der Waals surface area contributed by atoms with Crippen LogP contribution < -0.4 is 10.0 Å². The summed E-state index contributed by atoms with van der Waals surface area (Å²) in [7, 11) is -2.76. The van der Waals surface area contributed by atoms with E-state index in [9.17, 15) is 26.4 Å². The molecule has 0 atom stereocenters. The van der Waals surface area contributed by atoms with Crippen LogP contribution in [0.4, 0.5) is 18.9 Å². The average Bonchev–Trinajstić information content (AvgIpc) is 2.60. The molecule has 2 N–H and O–H groups in total. The van der Waals surface area contributed by atoms with Gasteiger partial charge in [-0.25, -0.2) is 13.1 Å². The van der Waals surface area contributed by atoms with Crippen molar-refractivity contribution in [2.24, 2.45) is 0 Å². The minimum atomic E-state index is -4.67. The molecule has 0 spiro atoms. The number of amides is 1. The Morgan fingerprint density at radius 3 is 2.48 bits per heavy atom. The molecular formula is C17H17F3N2O4S. The molecule has 0 fully saturated rings. The van der Waals surface area contributed by atoms with Crippen molar-refractivity contribution in [2.45, 2.75) is 17.7 Å². The van der Waals surface area contributed by atoms with Gasteiger partial charge >= 0.3 is 6.18 Å². The Hall–Kier alpha value is -2.43. The fourth-order valence-corrected chi connectivity index (χ4v) is 3.22. The summed E-state index contributed by atoms with van der Waals surface area (Å²) in [6, 6.07) is 10.0. The summed E-state index contributed by atoms with van der Waals surface area (Å²) in [5.41, 5.74) is 0.150. The van der Waals surface area contributed by atoms with Gasteiger partial charge in [0.05, 0.1) is 23.6 Å². The van der Waals surface area contributed by atoms with Crippen molar-refractivity contribution in [3.05, 3.63) is 59.7 Å². The molecule has 27 heavy (non-hydrogen) atoms. The number of carbonyl (C=O) groups excluding carboxylic acids is 1. The van der Waals surface area contributed by atoms with Crippen LogP contribution in [0.25, 0.3) is 0 Å². The first kappa shape index (κ1) is 20.9. The third-order valence-electron chi connectivity index (χ3n) is 3.42. The van der Waals surface area contributed by atoms with Gasteiger partial charge in [0.1, 0.15) is 0 Å². The Morgan fingerprint density at radius 2 is 1.81 bits per heavy atom. The van der Waals surface area contributed by atoms with Crippen LogP contribution in [-0.4, -0.2) is 28.0 Å². The Labute approximate surface area is 154 Å². The van der Waals surface area contributed by atoms with E-state index in [1.54, 1.807) is 24.3 Å². The van der Waals surface area contributed by atoms with E-state index in [1.807, 2.05) is 4.72 Å². The van der Waals surface area contributed by atoms with Gasteiger partial charge in [0.25, 0.3) is 0 Å². The second-order valence-corrected chi connectivity index (χ2v) is 7.30. The van der Waals surface area contributed by atoms with Crippen LogP contribution >= 0.6 is 0 Å². The molecule has 10 heteroatoms.